The van der Waals surface area contributed by atoms with Crippen molar-refractivity contribution in [3.8, 4) is 5.75 Å². The summed E-state index contributed by atoms with van der Waals surface area (Å²) in [5.41, 5.74) is 0.961. The second-order valence-corrected chi connectivity index (χ2v) is 10.5. The first-order chi connectivity index (χ1) is 14.8. The molecule has 0 spiro atoms. The van der Waals surface area contributed by atoms with Gasteiger partial charge in [0.25, 0.3) is 0 Å². The topological polar surface area (TPSA) is 104 Å². The zero-order valence-electron chi connectivity index (χ0n) is 17.1. The Hall–Kier alpha value is -2.11. The number of ether oxygens (including phenoxy) is 1. The summed E-state index contributed by atoms with van der Waals surface area (Å²) in [6, 6.07) is 9.68. The maximum atomic E-state index is 12.8. The number of thiazole rings is 1. The summed E-state index contributed by atoms with van der Waals surface area (Å²) in [5.74, 6) is 0.264. The van der Waals surface area contributed by atoms with E-state index in [0.717, 1.165) is 23.1 Å². The van der Waals surface area contributed by atoms with Crippen molar-refractivity contribution in [3.63, 3.8) is 0 Å². The van der Waals surface area contributed by atoms with E-state index < -0.39 is 15.9 Å². The molecule has 2 heterocycles. The molecule has 12 heteroatoms. The standard InChI is InChI=1S/C20H21ClN4O4S2.ClH/c1-29-13-4-7-17-18(10-13)30-20(22)25(17)12-19(26)23-16-11-14(5-6-15(16)21)31(27,28)24-8-2-3-9-24;/h4-7,10-11,22H,2-3,8-9,12H2,1H3,(H,23,26);1H. The zero-order valence-corrected chi connectivity index (χ0v) is 20.3. The average molecular weight is 517 g/mol. The molecule has 8 nitrogen and oxygen atoms in total. The molecule has 2 aromatic carbocycles. The number of fused-ring (bicyclic) bond motifs is 1. The molecule has 1 saturated heterocycles. The highest BCUT2D eigenvalue weighted by Crippen LogP contribution is 2.29. The summed E-state index contributed by atoms with van der Waals surface area (Å²) in [4.78, 5) is 13.0. The minimum absolute atomic E-state index is 0. The first-order valence-electron chi connectivity index (χ1n) is 9.61. The SMILES string of the molecule is COc1ccc2c(c1)sc(=N)n2CC(=O)Nc1cc(S(=O)(=O)N2CCCC2)ccc1Cl.Cl. The number of hydrogen-bond acceptors (Lipinski definition) is 6. The van der Waals surface area contributed by atoms with Crippen LogP contribution in [0, 0.1) is 5.41 Å². The number of hydrogen-bond donors (Lipinski definition) is 2. The van der Waals surface area contributed by atoms with E-state index in [4.69, 9.17) is 21.7 Å². The number of amides is 1. The minimum atomic E-state index is -3.63. The normalized spacial score (nSPS) is 14.3. The second-order valence-electron chi connectivity index (χ2n) is 7.13. The van der Waals surface area contributed by atoms with Gasteiger partial charge in [0.05, 0.1) is 32.9 Å². The monoisotopic (exact) mass is 516 g/mol. The number of anilines is 1. The number of halogens is 2. The third-order valence-corrected chi connectivity index (χ3v) is 8.31. The van der Waals surface area contributed by atoms with E-state index in [2.05, 4.69) is 5.32 Å². The summed E-state index contributed by atoms with van der Waals surface area (Å²) in [6.07, 6.45) is 1.67. The molecular formula is C20H22Cl2N4O4S2. The van der Waals surface area contributed by atoms with Gasteiger partial charge in [0.15, 0.2) is 4.80 Å². The van der Waals surface area contributed by atoms with E-state index in [9.17, 15) is 13.2 Å². The van der Waals surface area contributed by atoms with Crippen molar-refractivity contribution in [3.05, 3.63) is 46.2 Å². The number of benzene rings is 2. The number of nitrogens with one attached hydrogen (secondary N) is 2. The molecule has 172 valence electrons. The highest BCUT2D eigenvalue weighted by atomic mass is 35.5. The van der Waals surface area contributed by atoms with Crippen molar-refractivity contribution in [1.82, 2.24) is 8.87 Å². The van der Waals surface area contributed by atoms with Gasteiger partial charge in [-0.15, -0.1) is 12.4 Å². The van der Waals surface area contributed by atoms with Crippen LogP contribution in [0.2, 0.25) is 5.02 Å². The molecule has 1 aromatic heterocycles. The number of sulfonamides is 1. The summed E-state index contributed by atoms with van der Waals surface area (Å²) in [5, 5.41) is 11.1. The van der Waals surface area contributed by atoms with Crippen LogP contribution in [0.3, 0.4) is 0 Å². The Kier molecular flexibility index (Phi) is 7.51. The summed E-state index contributed by atoms with van der Waals surface area (Å²) >= 11 is 7.45. The Balaban J connectivity index is 0.00000289. The Labute approximate surface area is 200 Å². The van der Waals surface area contributed by atoms with Gasteiger partial charge >= 0.3 is 0 Å². The van der Waals surface area contributed by atoms with Crippen LogP contribution in [-0.4, -0.2) is 43.4 Å². The van der Waals surface area contributed by atoms with Gasteiger partial charge in [-0.05, 0) is 49.2 Å². The Morgan fingerprint density at radius 3 is 2.62 bits per heavy atom. The lowest BCUT2D eigenvalue weighted by Crippen LogP contribution is -2.28. The predicted molar refractivity (Wildman–Crippen MR) is 128 cm³/mol. The van der Waals surface area contributed by atoms with Gasteiger partial charge in [0.1, 0.15) is 12.3 Å². The van der Waals surface area contributed by atoms with E-state index in [1.807, 2.05) is 6.07 Å². The van der Waals surface area contributed by atoms with E-state index in [0.29, 0.717) is 18.8 Å². The number of carbonyl (C=O) groups is 1. The number of methoxy groups -OCH3 is 1. The van der Waals surface area contributed by atoms with Crippen molar-refractivity contribution < 1.29 is 17.9 Å². The molecular weight excluding hydrogens is 495 g/mol. The molecule has 0 atom stereocenters. The van der Waals surface area contributed by atoms with Crippen LogP contribution in [-0.2, 0) is 21.4 Å². The fourth-order valence-electron chi connectivity index (χ4n) is 3.52. The molecule has 0 aliphatic carbocycles. The highest BCUT2D eigenvalue weighted by molar-refractivity contribution is 7.89. The van der Waals surface area contributed by atoms with Gasteiger partial charge in [0, 0.05) is 13.1 Å². The fourth-order valence-corrected chi connectivity index (χ4v) is 6.17. The quantitative estimate of drug-likeness (QED) is 0.521. The third kappa shape index (κ3) is 4.79. The maximum absolute atomic E-state index is 12.8. The molecule has 3 aromatic rings. The van der Waals surface area contributed by atoms with E-state index >= 15 is 0 Å². The van der Waals surface area contributed by atoms with Crippen molar-refractivity contribution in [2.45, 2.75) is 24.3 Å². The third-order valence-electron chi connectivity index (χ3n) is 5.13. The molecule has 2 N–H and O–H groups in total. The van der Waals surface area contributed by atoms with Crippen molar-refractivity contribution in [1.29, 1.82) is 5.41 Å². The molecule has 1 aliphatic heterocycles. The number of carbonyl (C=O) groups excluding carboxylic acids is 1. The molecule has 0 radical (unpaired) electrons. The summed E-state index contributed by atoms with van der Waals surface area (Å²) in [6.45, 7) is 0.877. The molecule has 1 fully saturated rings. The van der Waals surface area contributed by atoms with Gasteiger partial charge in [-0.2, -0.15) is 4.31 Å². The minimum Gasteiger partial charge on any atom is -0.497 e. The fraction of sp³-hybridized carbons (Fsp3) is 0.300. The largest absolute Gasteiger partial charge is 0.497 e. The van der Waals surface area contributed by atoms with Crippen molar-refractivity contribution in [2.75, 3.05) is 25.5 Å². The van der Waals surface area contributed by atoms with Crippen molar-refractivity contribution in [2.24, 2.45) is 0 Å². The zero-order chi connectivity index (χ0) is 22.2. The van der Waals surface area contributed by atoms with Gasteiger partial charge in [-0.25, -0.2) is 8.42 Å². The highest BCUT2D eigenvalue weighted by Gasteiger charge is 2.27. The van der Waals surface area contributed by atoms with Crippen LogP contribution in [0.1, 0.15) is 12.8 Å². The molecule has 0 saturated carbocycles. The van der Waals surface area contributed by atoms with E-state index in [-0.39, 0.29) is 39.4 Å². The van der Waals surface area contributed by atoms with Crippen LogP contribution >= 0.6 is 35.3 Å². The van der Waals surface area contributed by atoms with E-state index in [1.165, 1.54) is 33.8 Å². The van der Waals surface area contributed by atoms with Crippen LogP contribution in [0.15, 0.2) is 41.3 Å². The molecule has 0 bridgehead atoms. The molecule has 1 aliphatic rings. The first kappa shape index (κ1) is 24.5. The molecule has 4 rings (SSSR count). The lowest BCUT2D eigenvalue weighted by molar-refractivity contribution is -0.116. The Bertz CT molecular complexity index is 1310. The number of rotatable bonds is 6. The number of nitrogens with zero attached hydrogens (tertiary/aromatic N) is 2. The number of aromatic nitrogens is 1. The first-order valence-corrected chi connectivity index (χ1v) is 12.2. The predicted octanol–water partition coefficient (Wildman–Crippen LogP) is 3.69. The molecule has 0 unspecified atom stereocenters. The average Bonchev–Trinajstić information content (AvgIpc) is 3.38. The van der Waals surface area contributed by atoms with Gasteiger partial charge < -0.3 is 14.6 Å². The van der Waals surface area contributed by atoms with Crippen LogP contribution in [0.5, 0.6) is 5.75 Å². The Morgan fingerprint density at radius 2 is 1.94 bits per heavy atom. The smallest absolute Gasteiger partial charge is 0.244 e. The maximum Gasteiger partial charge on any atom is 0.244 e. The van der Waals surface area contributed by atoms with Crippen LogP contribution in [0.25, 0.3) is 10.2 Å². The van der Waals surface area contributed by atoms with Crippen molar-refractivity contribution >= 4 is 67.2 Å². The van der Waals surface area contributed by atoms with Gasteiger partial charge in [0.2, 0.25) is 15.9 Å². The second kappa shape index (κ2) is 9.80. The van der Waals surface area contributed by atoms with Gasteiger partial charge in [-0.1, -0.05) is 22.9 Å². The van der Waals surface area contributed by atoms with E-state index in [1.54, 1.807) is 23.8 Å². The van der Waals surface area contributed by atoms with Crippen LogP contribution < -0.4 is 14.9 Å². The van der Waals surface area contributed by atoms with Crippen LogP contribution in [0.4, 0.5) is 5.69 Å². The lowest BCUT2D eigenvalue weighted by atomic mass is 10.3. The molecule has 32 heavy (non-hydrogen) atoms. The summed E-state index contributed by atoms with van der Waals surface area (Å²) in [7, 11) is -2.06. The lowest BCUT2D eigenvalue weighted by Gasteiger charge is -2.17. The van der Waals surface area contributed by atoms with Gasteiger partial charge in [-0.3, -0.25) is 10.2 Å². The Morgan fingerprint density at radius 1 is 1.22 bits per heavy atom. The molecule has 1 amide bonds. The summed E-state index contributed by atoms with van der Waals surface area (Å²) < 4.78 is 34.7.